The van der Waals surface area contributed by atoms with Gasteiger partial charge >= 0.3 is 12.3 Å². The van der Waals surface area contributed by atoms with Crippen LogP contribution in [-0.2, 0) is 6.54 Å². The Kier molecular flexibility index (Phi) is 9.42. The van der Waals surface area contributed by atoms with Crippen molar-refractivity contribution in [1.29, 1.82) is 0 Å². The maximum atomic E-state index is 12.3. The van der Waals surface area contributed by atoms with Gasteiger partial charge in [-0.25, -0.2) is 9.78 Å². The third-order valence-corrected chi connectivity index (χ3v) is 6.51. The zero-order valence-corrected chi connectivity index (χ0v) is 21.8. The lowest BCUT2D eigenvalue weighted by molar-refractivity contribution is -0.274. The molecule has 0 radical (unpaired) electrons. The van der Waals surface area contributed by atoms with Crippen LogP contribution in [0.3, 0.4) is 0 Å². The molecule has 2 aromatic carbocycles. The number of nitrogens with one attached hydrogen (secondary N) is 2. The molecule has 39 heavy (non-hydrogen) atoms. The van der Waals surface area contributed by atoms with Crippen LogP contribution in [0.25, 0.3) is 21.7 Å². The molecule has 0 amide bonds. The number of carboxylic acids is 1. The largest absolute Gasteiger partial charge is 0.573 e. The van der Waals surface area contributed by atoms with Crippen LogP contribution in [0.15, 0.2) is 54.9 Å². The molecule has 11 heteroatoms. The number of aromatic nitrogens is 2. The van der Waals surface area contributed by atoms with Gasteiger partial charge in [-0.15, -0.1) is 13.2 Å². The lowest BCUT2D eigenvalue weighted by Crippen LogP contribution is -2.18. The Labute approximate surface area is 228 Å². The van der Waals surface area contributed by atoms with Gasteiger partial charge in [-0.05, 0) is 55.3 Å². The summed E-state index contributed by atoms with van der Waals surface area (Å²) >= 11 is 5.88. The Balaban J connectivity index is 1.17. The standard InChI is InChI=1S/C28H28ClF3N4O3/c29-23-14-18(6-9-25(23)39-28(30,31)32)16-33-11-4-2-1-3-5-12-35-26-21-10-13-34-17-22(21)20-8-7-19(27(37)38)15-24(20)36-26/h6-10,13-15,17,33H,1-5,11-12,16H2,(H,35,36)(H,37,38). The minimum absolute atomic E-state index is 0.0752. The molecule has 0 saturated heterocycles. The Morgan fingerprint density at radius 3 is 2.46 bits per heavy atom. The van der Waals surface area contributed by atoms with Crippen LogP contribution < -0.4 is 15.4 Å². The van der Waals surface area contributed by atoms with E-state index in [4.69, 9.17) is 11.6 Å². The van der Waals surface area contributed by atoms with Crippen LogP contribution in [0.2, 0.25) is 5.02 Å². The molecule has 7 nitrogen and oxygen atoms in total. The fourth-order valence-corrected chi connectivity index (χ4v) is 4.56. The van der Waals surface area contributed by atoms with Crippen molar-refractivity contribution >= 4 is 45.1 Å². The average Bonchev–Trinajstić information content (AvgIpc) is 2.90. The molecule has 0 aliphatic carbocycles. The molecule has 0 atom stereocenters. The SMILES string of the molecule is O=C(O)c1ccc2c(c1)nc(NCCCCCCCNCc1ccc(OC(F)(F)F)c(Cl)c1)c1ccncc12. The second-order valence-electron chi connectivity index (χ2n) is 9.10. The van der Waals surface area contributed by atoms with Crippen molar-refractivity contribution in [1.82, 2.24) is 15.3 Å². The highest BCUT2D eigenvalue weighted by Crippen LogP contribution is 2.31. The van der Waals surface area contributed by atoms with Gasteiger partial charge in [-0.1, -0.05) is 43.0 Å². The molecule has 3 N–H and O–H groups in total. The van der Waals surface area contributed by atoms with E-state index in [2.05, 4.69) is 25.3 Å². The number of pyridine rings is 2. The third-order valence-electron chi connectivity index (χ3n) is 6.22. The van der Waals surface area contributed by atoms with E-state index in [0.717, 1.165) is 66.9 Å². The second kappa shape index (κ2) is 12.9. The van der Waals surface area contributed by atoms with Crippen molar-refractivity contribution in [2.75, 3.05) is 18.4 Å². The minimum atomic E-state index is -4.77. The molecule has 2 heterocycles. The van der Waals surface area contributed by atoms with Gasteiger partial charge in [0.2, 0.25) is 0 Å². The van der Waals surface area contributed by atoms with E-state index in [1.807, 2.05) is 6.07 Å². The lowest BCUT2D eigenvalue weighted by atomic mass is 10.1. The average molecular weight is 561 g/mol. The number of hydrogen-bond donors (Lipinski definition) is 3. The highest BCUT2D eigenvalue weighted by Gasteiger charge is 2.32. The maximum Gasteiger partial charge on any atom is 0.573 e. The van der Waals surface area contributed by atoms with Crippen molar-refractivity contribution in [3.05, 3.63) is 71.0 Å². The normalized spacial score (nSPS) is 11.7. The molecule has 0 saturated carbocycles. The summed E-state index contributed by atoms with van der Waals surface area (Å²) in [5.41, 5.74) is 1.58. The van der Waals surface area contributed by atoms with Crippen molar-refractivity contribution in [2.45, 2.75) is 45.0 Å². The van der Waals surface area contributed by atoms with Gasteiger partial charge in [-0.3, -0.25) is 4.98 Å². The number of ether oxygens (including phenoxy) is 1. The monoisotopic (exact) mass is 560 g/mol. The molecule has 0 aliphatic rings. The minimum Gasteiger partial charge on any atom is -0.478 e. The van der Waals surface area contributed by atoms with Gasteiger partial charge < -0.3 is 20.5 Å². The highest BCUT2D eigenvalue weighted by atomic mass is 35.5. The number of rotatable bonds is 13. The number of anilines is 1. The predicted octanol–water partition coefficient (Wildman–Crippen LogP) is 7.19. The van der Waals surface area contributed by atoms with E-state index >= 15 is 0 Å². The van der Waals surface area contributed by atoms with E-state index in [9.17, 15) is 23.1 Å². The van der Waals surface area contributed by atoms with Crippen LogP contribution in [0.4, 0.5) is 19.0 Å². The van der Waals surface area contributed by atoms with E-state index in [0.29, 0.717) is 17.9 Å². The number of carboxylic acid groups (broad SMARTS) is 1. The number of benzene rings is 2. The van der Waals surface area contributed by atoms with E-state index in [1.165, 1.54) is 12.1 Å². The first kappa shape index (κ1) is 28.4. The summed E-state index contributed by atoms with van der Waals surface area (Å²) in [6.45, 7) is 2.03. The molecule has 0 unspecified atom stereocenters. The topological polar surface area (TPSA) is 96.4 Å². The summed E-state index contributed by atoms with van der Waals surface area (Å²) in [6.07, 6.45) is 3.80. The molecule has 0 fully saturated rings. The molecule has 206 valence electrons. The molecule has 2 aromatic heterocycles. The number of fused-ring (bicyclic) bond motifs is 3. The summed E-state index contributed by atoms with van der Waals surface area (Å²) in [5.74, 6) is -0.686. The Bertz CT molecular complexity index is 1450. The van der Waals surface area contributed by atoms with Crippen LogP contribution in [0.1, 0.15) is 48.0 Å². The molecule has 4 aromatic rings. The van der Waals surface area contributed by atoms with Crippen LogP contribution >= 0.6 is 11.6 Å². The number of alkyl halides is 3. The predicted molar refractivity (Wildman–Crippen MR) is 145 cm³/mol. The van der Waals surface area contributed by atoms with E-state index < -0.39 is 18.1 Å². The summed E-state index contributed by atoms with van der Waals surface area (Å²) in [6, 6.07) is 11.1. The van der Waals surface area contributed by atoms with Crippen molar-refractivity contribution < 1.29 is 27.8 Å². The number of unbranched alkanes of at least 4 members (excludes halogenated alkanes) is 4. The van der Waals surface area contributed by atoms with E-state index in [1.54, 1.807) is 36.7 Å². The molecular weight excluding hydrogens is 533 g/mol. The molecule has 0 bridgehead atoms. The van der Waals surface area contributed by atoms with Gasteiger partial charge in [0.05, 0.1) is 16.1 Å². The van der Waals surface area contributed by atoms with Gasteiger partial charge in [0.15, 0.2) is 0 Å². The smallest absolute Gasteiger partial charge is 0.478 e. The lowest BCUT2D eigenvalue weighted by Gasteiger charge is -2.12. The van der Waals surface area contributed by atoms with Gasteiger partial charge in [0, 0.05) is 41.6 Å². The second-order valence-corrected chi connectivity index (χ2v) is 9.51. The van der Waals surface area contributed by atoms with Gasteiger partial charge in [-0.2, -0.15) is 0 Å². The maximum absolute atomic E-state index is 12.3. The van der Waals surface area contributed by atoms with E-state index in [-0.39, 0.29) is 10.6 Å². The summed E-state index contributed by atoms with van der Waals surface area (Å²) in [7, 11) is 0. The molecule has 0 spiro atoms. The molecular formula is C28H28ClF3N4O3. The van der Waals surface area contributed by atoms with Crippen LogP contribution in [-0.4, -0.2) is 40.5 Å². The first-order valence-electron chi connectivity index (χ1n) is 12.6. The number of halogens is 4. The Hall–Kier alpha value is -3.63. The fourth-order valence-electron chi connectivity index (χ4n) is 4.32. The fraction of sp³-hybridized carbons (Fsp3) is 0.321. The highest BCUT2D eigenvalue weighted by molar-refractivity contribution is 6.32. The summed E-state index contributed by atoms with van der Waals surface area (Å²) in [5, 5.41) is 18.6. The molecule has 4 rings (SSSR count). The number of hydrogen-bond acceptors (Lipinski definition) is 6. The summed E-state index contributed by atoms with van der Waals surface area (Å²) < 4.78 is 40.9. The quantitative estimate of drug-likeness (QED) is 0.118. The number of nitrogens with zero attached hydrogens (tertiary/aromatic N) is 2. The first-order valence-corrected chi connectivity index (χ1v) is 13.0. The Morgan fingerprint density at radius 1 is 0.949 bits per heavy atom. The van der Waals surface area contributed by atoms with Crippen molar-refractivity contribution in [2.24, 2.45) is 0 Å². The zero-order valence-electron chi connectivity index (χ0n) is 21.0. The van der Waals surface area contributed by atoms with Crippen LogP contribution in [0, 0.1) is 0 Å². The van der Waals surface area contributed by atoms with Gasteiger partial charge in [0.1, 0.15) is 11.6 Å². The number of carbonyl (C=O) groups is 1. The molecule has 0 aliphatic heterocycles. The summed E-state index contributed by atoms with van der Waals surface area (Å²) in [4.78, 5) is 20.3. The first-order chi connectivity index (χ1) is 18.7. The van der Waals surface area contributed by atoms with Gasteiger partial charge in [0.25, 0.3) is 0 Å². The van der Waals surface area contributed by atoms with Crippen LogP contribution in [0.5, 0.6) is 5.75 Å². The van der Waals surface area contributed by atoms with Crippen molar-refractivity contribution in [3.63, 3.8) is 0 Å². The number of aromatic carboxylic acids is 1. The Morgan fingerprint density at radius 2 is 1.72 bits per heavy atom. The zero-order chi connectivity index (χ0) is 27.8. The van der Waals surface area contributed by atoms with Crippen molar-refractivity contribution in [3.8, 4) is 5.75 Å². The third kappa shape index (κ3) is 7.93.